The number of hydrogen-bond acceptors (Lipinski definition) is 3. The summed E-state index contributed by atoms with van der Waals surface area (Å²) < 4.78 is 5.08. The molecule has 13 heavy (non-hydrogen) atoms. The zero-order valence-corrected chi connectivity index (χ0v) is 8.21. The molecule has 0 aliphatic rings. The fraction of sp³-hybridized carbons (Fsp3) is 0.444. The van der Waals surface area contributed by atoms with Crippen molar-refractivity contribution in [3.63, 3.8) is 0 Å². The van der Waals surface area contributed by atoms with E-state index in [9.17, 15) is 4.79 Å². The molecule has 0 radical (unpaired) electrons. The highest BCUT2D eigenvalue weighted by Crippen LogP contribution is 2.06. The van der Waals surface area contributed by atoms with Gasteiger partial charge in [-0.25, -0.2) is 4.79 Å². The van der Waals surface area contributed by atoms with Crippen LogP contribution in [-0.4, -0.2) is 23.8 Å². The van der Waals surface area contributed by atoms with Gasteiger partial charge < -0.3 is 9.84 Å². The van der Waals surface area contributed by atoms with Gasteiger partial charge in [-0.1, -0.05) is 0 Å². The third kappa shape index (κ3) is 3.57. The van der Waals surface area contributed by atoms with Crippen LogP contribution in [0.3, 0.4) is 0 Å². The second kappa shape index (κ2) is 4.99. The molecule has 1 aromatic rings. The Morgan fingerprint density at radius 1 is 1.77 bits per heavy atom. The molecule has 0 bridgehead atoms. The van der Waals surface area contributed by atoms with E-state index < -0.39 is 12.1 Å². The minimum atomic E-state index is -0.912. The summed E-state index contributed by atoms with van der Waals surface area (Å²) in [4.78, 5) is 10.4. The Kier molecular flexibility index (Phi) is 3.92. The van der Waals surface area contributed by atoms with Crippen LogP contribution in [0.2, 0.25) is 0 Å². The van der Waals surface area contributed by atoms with E-state index in [0.717, 1.165) is 6.42 Å². The molecular formula is C9H12O3S. The molecule has 1 N–H and O–H groups in total. The Balaban J connectivity index is 2.18. The average Bonchev–Trinajstić information content (AvgIpc) is 2.56. The Labute approximate surface area is 81.0 Å². The minimum absolute atomic E-state index is 0.463. The van der Waals surface area contributed by atoms with Crippen LogP contribution < -0.4 is 0 Å². The first kappa shape index (κ1) is 10.2. The van der Waals surface area contributed by atoms with E-state index in [4.69, 9.17) is 9.84 Å². The van der Waals surface area contributed by atoms with Crippen molar-refractivity contribution in [3.05, 3.63) is 22.4 Å². The topological polar surface area (TPSA) is 46.5 Å². The van der Waals surface area contributed by atoms with E-state index in [2.05, 4.69) is 0 Å². The van der Waals surface area contributed by atoms with Crippen LogP contribution in [0.15, 0.2) is 16.8 Å². The molecule has 0 aliphatic heterocycles. The van der Waals surface area contributed by atoms with Gasteiger partial charge >= 0.3 is 5.97 Å². The lowest BCUT2D eigenvalue weighted by atomic mass is 10.2. The SMILES string of the molecule is CC(OCCc1ccsc1)C(=O)O. The maximum Gasteiger partial charge on any atom is 0.332 e. The highest BCUT2D eigenvalue weighted by Gasteiger charge is 2.09. The largest absolute Gasteiger partial charge is 0.479 e. The van der Waals surface area contributed by atoms with Gasteiger partial charge in [-0.05, 0) is 35.7 Å². The standard InChI is InChI=1S/C9H12O3S/c1-7(9(10)11)12-4-2-8-3-5-13-6-8/h3,5-7H,2,4H2,1H3,(H,10,11). The van der Waals surface area contributed by atoms with Gasteiger partial charge in [-0.3, -0.25) is 0 Å². The van der Waals surface area contributed by atoms with E-state index >= 15 is 0 Å². The highest BCUT2D eigenvalue weighted by molar-refractivity contribution is 7.07. The van der Waals surface area contributed by atoms with Gasteiger partial charge in [0.2, 0.25) is 0 Å². The van der Waals surface area contributed by atoms with Crippen LogP contribution in [0.1, 0.15) is 12.5 Å². The van der Waals surface area contributed by atoms with Gasteiger partial charge in [-0.2, -0.15) is 11.3 Å². The molecule has 1 atom stereocenters. The first-order valence-electron chi connectivity index (χ1n) is 4.05. The fourth-order valence-corrected chi connectivity index (χ4v) is 1.56. The maximum absolute atomic E-state index is 10.4. The Morgan fingerprint density at radius 2 is 2.54 bits per heavy atom. The molecule has 0 saturated carbocycles. The summed E-state index contributed by atoms with van der Waals surface area (Å²) in [7, 11) is 0. The molecule has 0 saturated heterocycles. The normalized spacial score (nSPS) is 12.7. The number of thiophene rings is 1. The second-order valence-corrected chi connectivity index (χ2v) is 3.51. The van der Waals surface area contributed by atoms with Crippen LogP contribution in [-0.2, 0) is 16.0 Å². The van der Waals surface area contributed by atoms with Gasteiger partial charge in [0, 0.05) is 0 Å². The summed E-state index contributed by atoms with van der Waals surface area (Å²) >= 11 is 1.63. The van der Waals surface area contributed by atoms with E-state index in [1.807, 2.05) is 16.8 Å². The molecule has 0 aliphatic carbocycles. The van der Waals surface area contributed by atoms with Crippen LogP contribution in [0.4, 0.5) is 0 Å². The first-order valence-corrected chi connectivity index (χ1v) is 5.00. The van der Waals surface area contributed by atoms with Crippen molar-refractivity contribution in [1.82, 2.24) is 0 Å². The third-order valence-electron chi connectivity index (χ3n) is 1.69. The number of carboxylic acids is 1. The molecular weight excluding hydrogens is 188 g/mol. The number of ether oxygens (including phenoxy) is 1. The lowest BCUT2D eigenvalue weighted by molar-refractivity contribution is -0.149. The number of hydrogen-bond donors (Lipinski definition) is 1. The Morgan fingerprint density at radius 3 is 3.08 bits per heavy atom. The predicted octanol–water partition coefficient (Wildman–Crippen LogP) is 1.78. The van der Waals surface area contributed by atoms with Crippen LogP contribution >= 0.6 is 11.3 Å². The summed E-state index contributed by atoms with van der Waals surface area (Å²) in [6.45, 7) is 2.00. The molecule has 0 fully saturated rings. The quantitative estimate of drug-likeness (QED) is 0.788. The summed E-state index contributed by atoms with van der Waals surface area (Å²) in [6, 6.07) is 2.01. The van der Waals surface area contributed by atoms with E-state index in [1.165, 1.54) is 12.5 Å². The summed E-state index contributed by atoms with van der Waals surface area (Å²) in [5.74, 6) is -0.912. The molecule has 1 unspecified atom stereocenters. The molecule has 72 valence electrons. The van der Waals surface area contributed by atoms with Gasteiger partial charge in [-0.15, -0.1) is 0 Å². The number of carboxylic acid groups (broad SMARTS) is 1. The lowest BCUT2D eigenvalue weighted by Gasteiger charge is -2.06. The van der Waals surface area contributed by atoms with Gasteiger partial charge in [0.15, 0.2) is 6.10 Å². The molecule has 1 aromatic heterocycles. The van der Waals surface area contributed by atoms with Crippen LogP contribution in [0.25, 0.3) is 0 Å². The zero-order valence-electron chi connectivity index (χ0n) is 7.40. The van der Waals surface area contributed by atoms with Crippen molar-refractivity contribution < 1.29 is 14.6 Å². The molecule has 0 spiro atoms. The third-order valence-corrected chi connectivity index (χ3v) is 2.42. The molecule has 0 amide bonds. The van der Waals surface area contributed by atoms with Crippen LogP contribution in [0, 0.1) is 0 Å². The monoisotopic (exact) mass is 200 g/mol. The predicted molar refractivity (Wildman–Crippen MR) is 51.1 cm³/mol. The second-order valence-electron chi connectivity index (χ2n) is 2.73. The fourth-order valence-electron chi connectivity index (χ4n) is 0.860. The van der Waals surface area contributed by atoms with Crippen molar-refractivity contribution in [1.29, 1.82) is 0 Å². The highest BCUT2D eigenvalue weighted by atomic mass is 32.1. The molecule has 1 rings (SSSR count). The Hall–Kier alpha value is -0.870. The van der Waals surface area contributed by atoms with Crippen molar-refractivity contribution >= 4 is 17.3 Å². The Bertz CT molecular complexity index is 256. The number of rotatable bonds is 5. The van der Waals surface area contributed by atoms with E-state index in [-0.39, 0.29) is 0 Å². The molecule has 4 heteroatoms. The summed E-state index contributed by atoms with van der Waals surface area (Å²) in [5, 5.41) is 12.5. The van der Waals surface area contributed by atoms with Crippen molar-refractivity contribution in [2.75, 3.05) is 6.61 Å². The summed E-state index contributed by atoms with van der Waals surface area (Å²) in [6.07, 6.45) is 0.0693. The first-order chi connectivity index (χ1) is 6.20. The smallest absolute Gasteiger partial charge is 0.332 e. The van der Waals surface area contributed by atoms with E-state index in [1.54, 1.807) is 11.3 Å². The van der Waals surface area contributed by atoms with Crippen molar-refractivity contribution in [2.24, 2.45) is 0 Å². The van der Waals surface area contributed by atoms with E-state index in [0.29, 0.717) is 6.61 Å². The average molecular weight is 200 g/mol. The van der Waals surface area contributed by atoms with Gasteiger partial charge in [0.1, 0.15) is 0 Å². The van der Waals surface area contributed by atoms with Crippen LogP contribution in [0.5, 0.6) is 0 Å². The maximum atomic E-state index is 10.4. The van der Waals surface area contributed by atoms with Crippen molar-refractivity contribution in [2.45, 2.75) is 19.4 Å². The molecule has 3 nitrogen and oxygen atoms in total. The van der Waals surface area contributed by atoms with Gasteiger partial charge in [0.05, 0.1) is 6.61 Å². The summed E-state index contributed by atoms with van der Waals surface area (Å²) in [5.41, 5.74) is 1.20. The molecule has 1 heterocycles. The zero-order chi connectivity index (χ0) is 9.68. The lowest BCUT2D eigenvalue weighted by Crippen LogP contribution is -2.20. The number of carbonyl (C=O) groups is 1. The number of aliphatic carboxylic acids is 1. The van der Waals surface area contributed by atoms with Gasteiger partial charge in [0.25, 0.3) is 0 Å². The minimum Gasteiger partial charge on any atom is -0.479 e. The van der Waals surface area contributed by atoms with Crippen molar-refractivity contribution in [3.8, 4) is 0 Å². The molecule has 0 aromatic carbocycles.